The maximum atomic E-state index is 13.5. The van der Waals surface area contributed by atoms with Gasteiger partial charge in [-0.3, -0.25) is 4.79 Å². The van der Waals surface area contributed by atoms with E-state index >= 15 is 0 Å². The fourth-order valence-corrected chi connectivity index (χ4v) is 3.81. The van der Waals surface area contributed by atoms with Crippen LogP contribution in [-0.4, -0.2) is 23.4 Å². The second kappa shape index (κ2) is 13.9. The molecule has 2 aromatic rings. The third kappa shape index (κ3) is 8.36. The smallest absolute Gasteiger partial charge is 0.254 e. The molecule has 0 saturated heterocycles. The van der Waals surface area contributed by atoms with E-state index in [4.69, 9.17) is 0 Å². The number of benzene rings is 2. The van der Waals surface area contributed by atoms with E-state index in [0.29, 0.717) is 6.54 Å². The van der Waals surface area contributed by atoms with E-state index in [1.54, 1.807) is 0 Å². The van der Waals surface area contributed by atoms with Gasteiger partial charge in [-0.1, -0.05) is 94.1 Å². The zero-order valence-electron chi connectivity index (χ0n) is 20.1. The van der Waals surface area contributed by atoms with E-state index in [0.717, 1.165) is 24.8 Å². The fourth-order valence-electron chi connectivity index (χ4n) is 3.81. The summed E-state index contributed by atoms with van der Waals surface area (Å²) >= 11 is 0. The Morgan fingerprint density at radius 1 is 0.903 bits per heavy atom. The van der Waals surface area contributed by atoms with Crippen molar-refractivity contribution in [2.75, 3.05) is 6.54 Å². The molecule has 0 aromatic heterocycles. The maximum absolute atomic E-state index is 13.5. The van der Waals surface area contributed by atoms with E-state index in [1.807, 2.05) is 18.2 Å². The van der Waals surface area contributed by atoms with Gasteiger partial charge in [0.25, 0.3) is 5.91 Å². The lowest BCUT2D eigenvalue weighted by Crippen LogP contribution is -2.39. The molecule has 1 amide bonds. The van der Waals surface area contributed by atoms with Crippen LogP contribution >= 0.6 is 0 Å². The minimum absolute atomic E-state index is 0.144. The monoisotopic (exact) mass is 419 g/mol. The zero-order valence-corrected chi connectivity index (χ0v) is 20.1. The van der Waals surface area contributed by atoms with Crippen molar-refractivity contribution in [2.24, 2.45) is 0 Å². The van der Waals surface area contributed by atoms with Gasteiger partial charge in [0.1, 0.15) is 0 Å². The first-order valence-electron chi connectivity index (χ1n) is 12.2. The second-order valence-corrected chi connectivity index (χ2v) is 8.66. The van der Waals surface area contributed by atoms with Crippen molar-refractivity contribution in [3.05, 3.63) is 76.9 Å². The molecule has 2 nitrogen and oxygen atoms in total. The van der Waals surface area contributed by atoms with Gasteiger partial charge in [-0.2, -0.15) is 0 Å². The lowest BCUT2D eigenvalue weighted by Gasteiger charge is -2.30. The molecule has 1 atom stereocenters. The Morgan fingerprint density at radius 2 is 1.58 bits per heavy atom. The largest absolute Gasteiger partial charge is 0.332 e. The molecular weight excluding hydrogens is 378 g/mol. The van der Waals surface area contributed by atoms with Gasteiger partial charge in [0.15, 0.2) is 0 Å². The Bertz CT molecular complexity index is 791. The van der Waals surface area contributed by atoms with Crippen LogP contribution in [0, 0.1) is 0 Å². The van der Waals surface area contributed by atoms with Crippen LogP contribution in [-0.2, 0) is 6.42 Å². The molecular formula is C29H41NO. The van der Waals surface area contributed by atoms with Crippen LogP contribution in [0.1, 0.15) is 94.1 Å². The molecule has 0 aliphatic rings. The van der Waals surface area contributed by atoms with Crippen LogP contribution in [0.25, 0.3) is 6.08 Å². The highest BCUT2D eigenvalue weighted by molar-refractivity contribution is 5.94. The summed E-state index contributed by atoms with van der Waals surface area (Å²) in [6.07, 6.45) is 11.3. The molecule has 0 fully saturated rings. The first kappa shape index (κ1) is 24.9. The predicted octanol–water partition coefficient (Wildman–Crippen LogP) is 7.93. The highest BCUT2D eigenvalue weighted by Crippen LogP contribution is 2.20. The molecule has 0 spiro atoms. The number of amides is 1. The zero-order chi connectivity index (χ0) is 22.5. The number of unbranched alkanes of at least 4 members (excludes halogenated alkanes) is 3. The van der Waals surface area contributed by atoms with Crippen molar-refractivity contribution in [1.82, 2.24) is 4.90 Å². The van der Waals surface area contributed by atoms with E-state index in [-0.39, 0.29) is 11.9 Å². The Kier molecular flexibility index (Phi) is 11.1. The van der Waals surface area contributed by atoms with Crippen molar-refractivity contribution in [2.45, 2.75) is 85.1 Å². The lowest BCUT2D eigenvalue weighted by molar-refractivity contribution is 0.0706. The minimum Gasteiger partial charge on any atom is -0.332 e. The predicted molar refractivity (Wildman–Crippen MR) is 134 cm³/mol. The highest BCUT2D eigenvalue weighted by atomic mass is 16.2. The molecule has 1 unspecified atom stereocenters. The fraction of sp³-hybridized carbons (Fsp3) is 0.483. The van der Waals surface area contributed by atoms with Gasteiger partial charge in [-0.05, 0) is 62.3 Å². The van der Waals surface area contributed by atoms with Gasteiger partial charge in [0.2, 0.25) is 0 Å². The van der Waals surface area contributed by atoms with Crippen LogP contribution in [0.2, 0.25) is 0 Å². The number of hydrogen-bond donors (Lipinski definition) is 0. The van der Waals surface area contributed by atoms with Crippen LogP contribution in [0.5, 0.6) is 0 Å². The van der Waals surface area contributed by atoms with Gasteiger partial charge in [-0.15, -0.1) is 0 Å². The van der Waals surface area contributed by atoms with Crippen molar-refractivity contribution in [3.8, 4) is 0 Å². The van der Waals surface area contributed by atoms with Crippen LogP contribution < -0.4 is 0 Å². The molecule has 168 valence electrons. The van der Waals surface area contributed by atoms with E-state index < -0.39 is 0 Å². The molecule has 31 heavy (non-hydrogen) atoms. The molecule has 0 radical (unpaired) electrons. The van der Waals surface area contributed by atoms with E-state index in [1.165, 1.54) is 48.8 Å². The van der Waals surface area contributed by atoms with Gasteiger partial charge < -0.3 is 4.90 Å². The average molecular weight is 420 g/mol. The molecule has 0 aliphatic heterocycles. The van der Waals surface area contributed by atoms with Gasteiger partial charge in [-0.25, -0.2) is 0 Å². The summed E-state index contributed by atoms with van der Waals surface area (Å²) in [5.74, 6) is 0.144. The standard InChI is InChI=1S/C29H41NO/c1-5-8-11-17-27(22-26-15-12-10-13-16-26)23-30(24(4)7-3)29(31)28-20-18-25(19-21-28)14-9-6-2/h10,12-13,15-16,18-22,24H,5-9,11,14,17,23H2,1-4H3. The summed E-state index contributed by atoms with van der Waals surface area (Å²) in [6.45, 7) is 9.48. The number of aryl methyl sites for hydroxylation is 1. The van der Waals surface area contributed by atoms with Gasteiger partial charge in [0.05, 0.1) is 0 Å². The molecule has 2 heteroatoms. The maximum Gasteiger partial charge on any atom is 0.254 e. The normalized spacial score (nSPS) is 12.6. The topological polar surface area (TPSA) is 20.3 Å². The number of rotatable bonds is 13. The molecule has 0 bridgehead atoms. The van der Waals surface area contributed by atoms with Crippen molar-refractivity contribution >= 4 is 12.0 Å². The molecule has 0 N–H and O–H groups in total. The molecule has 2 rings (SSSR count). The van der Waals surface area contributed by atoms with Crippen LogP contribution in [0.4, 0.5) is 0 Å². The average Bonchev–Trinajstić information content (AvgIpc) is 2.81. The Morgan fingerprint density at radius 3 is 2.19 bits per heavy atom. The third-order valence-electron chi connectivity index (χ3n) is 6.05. The third-order valence-corrected chi connectivity index (χ3v) is 6.05. The first-order valence-corrected chi connectivity index (χ1v) is 12.2. The van der Waals surface area contributed by atoms with E-state index in [9.17, 15) is 4.79 Å². The summed E-state index contributed by atoms with van der Waals surface area (Å²) in [6, 6.07) is 19.0. The van der Waals surface area contributed by atoms with E-state index in [2.05, 4.69) is 75.1 Å². The second-order valence-electron chi connectivity index (χ2n) is 8.66. The number of carbonyl (C=O) groups is 1. The molecule has 0 saturated carbocycles. The summed E-state index contributed by atoms with van der Waals surface area (Å²) in [5.41, 5.74) is 4.67. The Balaban J connectivity index is 2.23. The summed E-state index contributed by atoms with van der Waals surface area (Å²) in [4.78, 5) is 15.6. The summed E-state index contributed by atoms with van der Waals surface area (Å²) in [5, 5.41) is 0. The Hall–Kier alpha value is -2.35. The molecule has 0 aliphatic carbocycles. The lowest BCUT2D eigenvalue weighted by atomic mass is 10.0. The summed E-state index contributed by atoms with van der Waals surface area (Å²) < 4.78 is 0. The van der Waals surface area contributed by atoms with Crippen molar-refractivity contribution < 1.29 is 4.79 Å². The van der Waals surface area contributed by atoms with Crippen molar-refractivity contribution in [1.29, 1.82) is 0 Å². The summed E-state index contributed by atoms with van der Waals surface area (Å²) in [7, 11) is 0. The highest BCUT2D eigenvalue weighted by Gasteiger charge is 2.21. The number of hydrogen-bond acceptors (Lipinski definition) is 1. The SMILES string of the molecule is CCCCCC(=Cc1ccccc1)CN(C(=O)c1ccc(CCCC)cc1)C(C)CC. The molecule has 0 heterocycles. The van der Waals surface area contributed by atoms with Gasteiger partial charge in [0, 0.05) is 18.2 Å². The van der Waals surface area contributed by atoms with Crippen molar-refractivity contribution in [3.63, 3.8) is 0 Å². The minimum atomic E-state index is 0.144. The van der Waals surface area contributed by atoms with Gasteiger partial charge >= 0.3 is 0 Å². The number of carbonyl (C=O) groups excluding carboxylic acids is 1. The van der Waals surface area contributed by atoms with Crippen LogP contribution in [0.15, 0.2) is 60.2 Å². The van der Waals surface area contributed by atoms with Crippen LogP contribution in [0.3, 0.4) is 0 Å². The number of nitrogens with zero attached hydrogens (tertiary/aromatic N) is 1. The molecule has 2 aromatic carbocycles. The Labute approximate surface area is 190 Å². The quantitative estimate of drug-likeness (QED) is 0.302. The first-order chi connectivity index (χ1) is 15.1.